The maximum Gasteiger partial charge on any atom is 0.0893 e. The quantitative estimate of drug-likeness (QED) is 0.203. The van der Waals surface area contributed by atoms with Crippen LogP contribution in [0.25, 0.3) is 55.2 Å². The Labute approximate surface area is 264 Å². The van der Waals surface area contributed by atoms with Crippen molar-refractivity contribution < 1.29 is 0 Å². The van der Waals surface area contributed by atoms with Gasteiger partial charge >= 0.3 is 0 Å². The molecule has 44 heavy (non-hydrogen) atoms. The minimum atomic E-state index is 0.0472. The third-order valence-corrected chi connectivity index (χ3v) is 10.6. The molecule has 0 aliphatic heterocycles. The van der Waals surface area contributed by atoms with Gasteiger partial charge in [0.1, 0.15) is 0 Å². The number of rotatable bonds is 1. The van der Waals surface area contributed by atoms with Crippen LogP contribution in [-0.4, -0.2) is 9.97 Å². The lowest BCUT2D eigenvalue weighted by atomic mass is 9.70. The second-order valence-corrected chi connectivity index (χ2v) is 15.5. The summed E-state index contributed by atoms with van der Waals surface area (Å²) in [5.41, 5.74) is 18.9. The molecule has 2 aliphatic carbocycles. The molecule has 0 spiro atoms. The van der Waals surface area contributed by atoms with Crippen molar-refractivity contribution >= 4 is 11.3 Å². The van der Waals surface area contributed by atoms with Gasteiger partial charge in [0.15, 0.2) is 0 Å². The lowest BCUT2D eigenvalue weighted by Gasteiger charge is -2.33. The minimum Gasteiger partial charge on any atom is -0.361 e. The molecule has 0 amide bonds. The highest BCUT2D eigenvalue weighted by Gasteiger charge is 2.37. The molecule has 6 aromatic rings. The first-order chi connectivity index (χ1) is 21.1. The van der Waals surface area contributed by atoms with E-state index in [0.717, 1.165) is 5.69 Å². The SMILES string of the molecule is CC(C)(C)C1c2ccccc2-c2cc[nH]c2-c2cc(-c3ccc4c(c3)-c3ncsc3-c3ccccc3C4C(C)(C)C)ccc21. The predicted molar refractivity (Wildman–Crippen MR) is 186 cm³/mol. The summed E-state index contributed by atoms with van der Waals surface area (Å²) in [5.74, 6) is 0.544. The third kappa shape index (κ3) is 4.09. The average Bonchev–Trinajstić information content (AvgIpc) is 3.63. The van der Waals surface area contributed by atoms with Crippen molar-refractivity contribution in [3.63, 3.8) is 0 Å². The Morgan fingerprint density at radius 3 is 1.77 bits per heavy atom. The van der Waals surface area contributed by atoms with E-state index < -0.39 is 0 Å². The largest absolute Gasteiger partial charge is 0.361 e. The maximum absolute atomic E-state index is 4.99. The van der Waals surface area contributed by atoms with Gasteiger partial charge in [0.2, 0.25) is 0 Å². The van der Waals surface area contributed by atoms with E-state index in [9.17, 15) is 0 Å². The first-order valence-electron chi connectivity index (χ1n) is 15.7. The van der Waals surface area contributed by atoms with Crippen LogP contribution >= 0.6 is 11.3 Å². The molecule has 2 heterocycles. The van der Waals surface area contributed by atoms with Gasteiger partial charge < -0.3 is 4.98 Å². The van der Waals surface area contributed by atoms with Gasteiger partial charge in [-0.3, -0.25) is 0 Å². The fourth-order valence-corrected chi connectivity index (χ4v) is 8.84. The number of H-pyrrole nitrogens is 1. The van der Waals surface area contributed by atoms with Gasteiger partial charge in [-0.05, 0) is 73.5 Å². The van der Waals surface area contributed by atoms with Crippen molar-refractivity contribution in [3.8, 4) is 55.2 Å². The molecule has 2 aromatic heterocycles. The number of nitrogens with zero attached hydrogens (tertiary/aromatic N) is 1. The Hall–Kier alpha value is -4.21. The van der Waals surface area contributed by atoms with Crippen LogP contribution in [0.1, 0.15) is 75.6 Å². The molecule has 0 bridgehead atoms. The number of benzene rings is 4. The number of thiazole rings is 1. The normalized spacial score (nSPS) is 16.9. The van der Waals surface area contributed by atoms with Gasteiger partial charge in [-0.1, -0.05) is 114 Å². The number of nitrogens with one attached hydrogen (secondary N) is 1. The molecule has 2 unspecified atom stereocenters. The van der Waals surface area contributed by atoms with Gasteiger partial charge in [-0.25, -0.2) is 4.98 Å². The molecule has 0 saturated heterocycles. The fourth-order valence-electron chi connectivity index (χ4n) is 7.99. The van der Waals surface area contributed by atoms with Crippen molar-refractivity contribution in [3.05, 3.63) is 125 Å². The monoisotopic (exact) mass is 590 g/mol. The predicted octanol–water partition coefficient (Wildman–Crippen LogP) is 11.8. The zero-order valence-electron chi connectivity index (χ0n) is 26.3. The van der Waals surface area contributed by atoms with Gasteiger partial charge in [-0.15, -0.1) is 11.3 Å². The number of fused-ring (bicyclic) bond motifs is 10. The smallest absolute Gasteiger partial charge is 0.0893 e. The number of hydrogen-bond acceptors (Lipinski definition) is 2. The van der Waals surface area contributed by atoms with Crippen LogP contribution in [0.15, 0.2) is 103 Å². The van der Waals surface area contributed by atoms with Crippen molar-refractivity contribution in [1.82, 2.24) is 9.97 Å². The molecule has 0 fully saturated rings. The standard InChI is InChI=1S/C41H38N2S/c1-40(2,3)35-27-12-8-7-11-26(27)31-19-20-42-37(31)33-21-24(15-17-29(33)35)25-16-18-30-34(22-25)38-39(44-23-43-38)32-14-10-9-13-28(32)36(30)41(4,5)6/h7-23,35-36,42H,1-6H3. The van der Waals surface area contributed by atoms with Crippen LogP contribution in [0.5, 0.6) is 0 Å². The second kappa shape index (κ2) is 9.64. The first kappa shape index (κ1) is 27.3. The Morgan fingerprint density at radius 2 is 1.11 bits per heavy atom. The summed E-state index contributed by atoms with van der Waals surface area (Å²) in [6.45, 7) is 14.2. The van der Waals surface area contributed by atoms with E-state index in [0.29, 0.717) is 0 Å². The molecule has 218 valence electrons. The van der Waals surface area contributed by atoms with Gasteiger partial charge in [0.25, 0.3) is 0 Å². The molecule has 1 N–H and O–H groups in total. The zero-order chi connectivity index (χ0) is 30.4. The highest BCUT2D eigenvalue weighted by molar-refractivity contribution is 7.13. The van der Waals surface area contributed by atoms with Crippen molar-refractivity contribution in [1.29, 1.82) is 0 Å². The van der Waals surface area contributed by atoms with E-state index >= 15 is 0 Å². The van der Waals surface area contributed by atoms with E-state index in [2.05, 4.69) is 144 Å². The Morgan fingerprint density at radius 1 is 0.568 bits per heavy atom. The van der Waals surface area contributed by atoms with Gasteiger partial charge in [0, 0.05) is 34.7 Å². The Balaban J connectivity index is 1.35. The van der Waals surface area contributed by atoms with Crippen molar-refractivity contribution in [2.75, 3.05) is 0 Å². The van der Waals surface area contributed by atoms with Crippen LogP contribution < -0.4 is 0 Å². The zero-order valence-corrected chi connectivity index (χ0v) is 27.1. The van der Waals surface area contributed by atoms with E-state index in [4.69, 9.17) is 4.98 Å². The fraction of sp³-hybridized carbons (Fsp3) is 0.244. The maximum atomic E-state index is 4.99. The molecular weight excluding hydrogens is 553 g/mol. The molecule has 2 aliphatic rings. The highest BCUT2D eigenvalue weighted by Crippen LogP contribution is 2.54. The average molecular weight is 591 g/mol. The summed E-state index contributed by atoms with van der Waals surface area (Å²) >= 11 is 1.75. The molecule has 4 aromatic carbocycles. The second-order valence-electron chi connectivity index (χ2n) is 14.7. The van der Waals surface area contributed by atoms with E-state index in [-0.39, 0.29) is 22.7 Å². The lowest BCUT2D eigenvalue weighted by molar-refractivity contribution is 0.359. The third-order valence-electron chi connectivity index (χ3n) is 9.71. The molecule has 2 nitrogen and oxygen atoms in total. The summed E-state index contributed by atoms with van der Waals surface area (Å²) in [4.78, 5) is 9.90. The highest BCUT2D eigenvalue weighted by atomic mass is 32.1. The number of hydrogen-bond donors (Lipinski definition) is 1. The summed E-state index contributed by atoms with van der Waals surface area (Å²) in [5, 5.41) is 0. The number of aromatic nitrogens is 2. The summed E-state index contributed by atoms with van der Waals surface area (Å²) in [6.07, 6.45) is 2.09. The molecule has 8 rings (SSSR count). The Bertz CT molecular complexity index is 1910. The van der Waals surface area contributed by atoms with E-state index in [1.807, 2.05) is 5.51 Å². The molecule has 3 heteroatoms. The van der Waals surface area contributed by atoms with Gasteiger partial charge in [-0.2, -0.15) is 0 Å². The molecule has 0 saturated carbocycles. The number of aromatic amines is 1. The van der Waals surface area contributed by atoms with E-state index in [1.165, 1.54) is 71.8 Å². The minimum absolute atomic E-state index is 0.0472. The van der Waals surface area contributed by atoms with Crippen LogP contribution in [-0.2, 0) is 0 Å². The molecular formula is C41H38N2S. The van der Waals surface area contributed by atoms with Crippen LogP contribution in [0.2, 0.25) is 0 Å². The summed E-state index contributed by atoms with van der Waals surface area (Å²) in [7, 11) is 0. The van der Waals surface area contributed by atoms with Crippen molar-refractivity contribution in [2.24, 2.45) is 10.8 Å². The summed E-state index contributed by atoms with van der Waals surface area (Å²) < 4.78 is 0. The van der Waals surface area contributed by atoms with Crippen LogP contribution in [0, 0.1) is 10.8 Å². The van der Waals surface area contributed by atoms with E-state index in [1.54, 1.807) is 11.3 Å². The van der Waals surface area contributed by atoms with Crippen LogP contribution in [0.4, 0.5) is 0 Å². The topological polar surface area (TPSA) is 28.7 Å². The molecule has 2 atom stereocenters. The molecule has 0 radical (unpaired) electrons. The van der Waals surface area contributed by atoms with Crippen LogP contribution in [0.3, 0.4) is 0 Å². The van der Waals surface area contributed by atoms with Crippen molar-refractivity contribution in [2.45, 2.75) is 53.4 Å². The lowest BCUT2D eigenvalue weighted by Crippen LogP contribution is -2.20. The first-order valence-corrected chi connectivity index (χ1v) is 16.6. The summed E-state index contributed by atoms with van der Waals surface area (Å²) in [6, 6.07) is 34.4. The Kier molecular flexibility index (Phi) is 5.99. The van der Waals surface area contributed by atoms with Gasteiger partial charge in [0.05, 0.1) is 21.8 Å².